The maximum absolute atomic E-state index is 5.73. The van der Waals surface area contributed by atoms with Crippen molar-refractivity contribution >= 4 is 11.6 Å². The first kappa shape index (κ1) is 14.2. The molecule has 0 radical (unpaired) electrons. The maximum Gasteiger partial charge on any atom is 0.164 e. The van der Waals surface area contributed by atoms with Crippen LogP contribution in [0.15, 0.2) is 24.5 Å². The van der Waals surface area contributed by atoms with Crippen LogP contribution in [0.25, 0.3) is 0 Å². The lowest BCUT2D eigenvalue weighted by atomic mass is 10.2. The molecule has 0 saturated heterocycles. The van der Waals surface area contributed by atoms with E-state index in [4.69, 9.17) is 21.1 Å². The Bertz CT molecular complexity index is 643. The summed E-state index contributed by atoms with van der Waals surface area (Å²) >= 11 is 5.59. The molecule has 5 nitrogen and oxygen atoms in total. The molecule has 0 aliphatic rings. The lowest BCUT2D eigenvalue weighted by Gasteiger charge is -2.09. The van der Waals surface area contributed by atoms with Gasteiger partial charge in [-0.05, 0) is 18.2 Å². The molecule has 6 heteroatoms. The molecule has 0 unspecified atom stereocenters. The monoisotopic (exact) mass is 291 g/mol. The first-order valence-electron chi connectivity index (χ1n) is 5.93. The Labute approximate surface area is 122 Å². The number of alkyl halides is 1. The standard InChI is InChI=1S/C14H14ClN3O2/c1-18-14(16-10-17-18)9-20-13-6-5-12(19-2)8-11(13)4-3-7-15/h5-6,8,10H,7,9H2,1-2H3. The molecule has 0 bridgehead atoms. The number of nitrogens with zero attached hydrogens (tertiary/aromatic N) is 3. The lowest BCUT2D eigenvalue weighted by Crippen LogP contribution is -2.05. The van der Waals surface area contributed by atoms with Gasteiger partial charge in [0.15, 0.2) is 5.82 Å². The number of hydrogen-bond acceptors (Lipinski definition) is 4. The summed E-state index contributed by atoms with van der Waals surface area (Å²) in [4.78, 5) is 4.10. The van der Waals surface area contributed by atoms with Crippen LogP contribution in [0.1, 0.15) is 11.4 Å². The van der Waals surface area contributed by atoms with Crippen LogP contribution in [0.5, 0.6) is 11.5 Å². The second-order valence-electron chi connectivity index (χ2n) is 3.89. The predicted octanol–water partition coefficient (Wildman–Crippen LogP) is 1.99. The van der Waals surface area contributed by atoms with E-state index in [1.807, 2.05) is 25.2 Å². The molecule has 0 saturated carbocycles. The minimum Gasteiger partial charge on any atom is -0.497 e. The third-order valence-electron chi connectivity index (χ3n) is 2.64. The Hall–Kier alpha value is -2.19. The summed E-state index contributed by atoms with van der Waals surface area (Å²) in [6, 6.07) is 5.44. The van der Waals surface area contributed by atoms with E-state index in [-0.39, 0.29) is 5.88 Å². The molecule has 0 N–H and O–H groups in total. The van der Waals surface area contributed by atoms with Gasteiger partial charge >= 0.3 is 0 Å². The smallest absolute Gasteiger partial charge is 0.164 e. The molecule has 0 fully saturated rings. The van der Waals surface area contributed by atoms with Crippen molar-refractivity contribution in [2.24, 2.45) is 7.05 Å². The fraction of sp³-hybridized carbons (Fsp3) is 0.286. The summed E-state index contributed by atoms with van der Waals surface area (Å²) in [5.41, 5.74) is 0.729. The number of halogens is 1. The number of hydrogen-bond donors (Lipinski definition) is 0. The zero-order chi connectivity index (χ0) is 14.4. The fourth-order valence-electron chi connectivity index (χ4n) is 1.58. The van der Waals surface area contributed by atoms with Crippen molar-refractivity contribution < 1.29 is 9.47 Å². The minimum absolute atomic E-state index is 0.264. The third-order valence-corrected chi connectivity index (χ3v) is 2.77. The normalized spacial score (nSPS) is 9.75. The minimum atomic E-state index is 0.264. The fourth-order valence-corrected chi connectivity index (χ4v) is 1.65. The Morgan fingerprint density at radius 3 is 2.90 bits per heavy atom. The van der Waals surface area contributed by atoms with E-state index in [0.29, 0.717) is 12.4 Å². The van der Waals surface area contributed by atoms with Crippen LogP contribution in [0, 0.1) is 11.8 Å². The van der Waals surface area contributed by atoms with Crippen LogP contribution >= 0.6 is 11.6 Å². The van der Waals surface area contributed by atoms with E-state index >= 15 is 0 Å². The predicted molar refractivity (Wildman–Crippen MR) is 75.9 cm³/mol. The summed E-state index contributed by atoms with van der Waals surface area (Å²) in [6.07, 6.45) is 1.49. The highest BCUT2D eigenvalue weighted by atomic mass is 35.5. The molecule has 0 spiro atoms. The highest BCUT2D eigenvalue weighted by Gasteiger charge is 2.06. The van der Waals surface area contributed by atoms with Gasteiger partial charge in [-0.15, -0.1) is 11.6 Å². The van der Waals surface area contributed by atoms with Crippen molar-refractivity contribution in [2.45, 2.75) is 6.61 Å². The molecule has 0 atom stereocenters. The van der Waals surface area contributed by atoms with E-state index in [1.165, 1.54) is 6.33 Å². The lowest BCUT2D eigenvalue weighted by molar-refractivity contribution is 0.288. The van der Waals surface area contributed by atoms with Gasteiger partial charge in [0.2, 0.25) is 0 Å². The summed E-state index contributed by atoms with van der Waals surface area (Å²) < 4.78 is 12.6. The molecule has 0 aliphatic heterocycles. The van der Waals surface area contributed by atoms with E-state index in [0.717, 1.165) is 17.1 Å². The summed E-state index contributed by atoms with van der Waals surface area (Å²) in [7, 11) is 3.42. The highest BCUT2D eigenvalue weighted by molar-refractivity contribution is 6.19. The van der Waals surface area contributed by atoms with E-state index in [2.05, 4.69) is 21.9 Å². The summed E-state index contributed by atoms with van der Waals surface area (Å²) in [6.45, 7) is 0.318. The van der Waals surface area contributed by atoms with Gasteiger partial charge in [0.25, 0.3) is 0 Å². The molecule has 1 aromatic heterocycles. The Morgan fingerprint density at radius 1 is 1.40 bits per heavy atom. The average Bonchev–Trinajstić information content (AvgIpc) is 2.88. The van der Waals surface area contributed by atoms with Crippen LogP contribution in [-0.2, 0) is 13.7 Å². The van der Waals surface area contributed by atoms with Gasteiger partial charge in [-0.1, -0.05) is 11.8 Å². The van der Waals surface area contributed by atoms with Crippen molar-refractivity contribution in [3.8, 4) is 23.3 Å². The molecule has 1 heterocycles. The van der Waals surface area contributed by atoms with Gasteiger partial charge in [0, 0.05) is 7.05 Å². The third kappa shape index (κ3) is 3.43. The second kappa shape index (κ2) is 6.83. The number of methoxy groups -OCH3 is 1. The van der Waals surface area contributed by atoms with Crippen molar-refractivity contribution in [3.05, 3.63) is 35.9 Å². The largest absolute Gasteiger partial charge is 0.497 e. The SMILES string of the molecule is COc1ccc(OCc2ncnn2C)c(C#CCCl)c1. The average molecular weight is 292 g/mol. The van der Waals surface area contributed by atoms with Gasteiger partial charge < -0.3 is 9.47 Å². The Balaban J connectivity index is 2.19. The number of aromatic nitrogens is 3. The van der Waals surface area contributed by atoms with Crippen LogP contribution in [-0.4, -0.2) is 27.8 Å². The molecule has 0 aliphatic carbocycles. The van der Waals surface area contributed by atoms with Gasteiger partial charge in [-0.3, -0.25) is 4.68 Å². The van der Waals surface area contributed by atoms with E-state index in [9.17, 15) is 0 Å². The molecule has 1 aromatic carbocycles. The van der Waals surface area contributed by atoms with Crippen LogP contribution < -0.4 is 9.47 Å². The maximum atomic E-state index is 5.73. The quantitative estimate of drug-likeness (QED) is 0.638. The molecular formula is C14H14ClN3O2. The zero-order valence-electron chi connectivity index (χ0n) is 11.3. The summed E-state index contributed by atoms with van der Waals surface area (Å²) in [5.74, 6) is 8.13. The van der Waals surface area contributed by atoms with Gasteiger partial charge in [0.05, 0.1) is 18.6 Å². The molecule has 20 heavy (non-hydrogen) atoms. The first-order valence-corrected chi connectivity index (χ1v) is 6.46. The number of aryl methyl sites for hydroxylation is 1. The van der Waals surface area contributed by atoms with Gasteiger partial charge in [-0.25, -0.2) is 4.98 Å². The molecular weight excluding hydrogens is 278 g/mol. The van der Waals surface area contributed by atoms with Crippen LogP contribution in [0.4, 0.5) is 0 Å². The van der Waals surface area contributed by atoms with E-state index in [1.54, 1.807) is 11.8 Å². The van der Waals surface area contributed by atoms with Gasteiger partial charge in [-0.2, -0.15) is 5.10 Å². The zero-order valence-corrected chi connectivity index (χ0v) is 12.0. The Kier molecular flexibility index (Phi) is 4.85. The molecule has 2 rings (SSSR count). The van der Waals surface area contributed by atoms with Crippen LogP contribution in [0.2, 0.25) is 0 Å². The van der Waals surface area contributed by atoms with Crippen molar-refractivity contribution in [3.63, 3.8) is 0 Å². The number of ether oxygens (including phenoxy) is 2. The van der Waals surface area contributed by atoms with Crippen molar-refractivity contribution in [1.82, 2.24) is 14.8 Å². The topological polar surface area (TPSA) is 49.2 Å². The number of benzene rings is 1. The molecule has 104 valence electrons. The summed E-state index contributed by atoms with van der Waals surface area (Å²) in [5, 5.41) is 3.99. The van der Waals surface area contributed by atoms with E-state index < -0.39 is 0 Å². The van der Waals surface area contributed by atoms with Crippen molar-refractivity contribution in [1.29, 1.82) is 0 Å². The Morgan fingerprint density at radius 2 is 2.25 bits per heavy atom. The van der Waals surface area contributed by atoms with Gasteiger partial charge in [0.1, 0.15) is 24.4 Å². The highest BCUT2D eigenvalue weighted by Crippen LogP contribution is 2.24. The van der Waals surface area contributed by atoms with Crippen molar-refractivity contribution in [2.75, 3.05) is 13.0 Å². The second-order valence-corrected chi connectivity index (χ2v) is 4.15. The molecule has 0 amide bonds. The number of rotatable bonds is 4. The molecule has 2 aromatic rings. The van der Waals surface area contributed by atoms with Crippen LogP contribution in [0.3, 0.4) is 0 Å². The first-order chi connectivity index (χ1) is 9.74.